The Morgan fingerprint density at radius 2 is 1.84 bits per heavy atom. The number of rotatable bonds is 5. The summed E-state index contributed by atoms with van der Waals surface area (Å²) in [5.74, 6) is -1.00. The van der Waals surface area contributed by atoms with Crippen molar-refractivity contribution in [2.45, 2.75) is 9.79 Å². The fraction of sp³-hybridized carbons (Fsp3) is 0.400. The summed E-state index contributed by atoms with van der Waals surface area (Å²) in [6.07, 6.45) is 0.917. The predicted octanol–water partition coefficient (Wildman–Crippen LogP) is -0.192. The van der Waals surface area contributed by atoms with Gasteiger partial charge in [-0.2, -0.15) is 4.31 Å². The number of likely N-dealkylation sites (N-methyl/N-ethyl adjacent to an activating group) is 1. The van der Waals surface area contributed by atoms with Crippen LogP contribution in [0.1, 0.15) is 0 Å². The molecule has 0 aliphatic rings. The average Bonchev–Trinajstić information content (AvgIpc) is 2.28. The normalized spacial score (nSPS) is 12.9. The Labute approximate surface area is 112 Å². The Balaban J connectivity index is 3.43. The molecule has 0 amide bonds. The van der Waals surface area contributed by atoms with E-state index in [-0.39, 0.29) is 18.0 Å². The third kappa shape index (κ3) is 3.50. The molecule has 0 bridgehead atoms. The van der Waals surface area contributed by atoms with Gasteiger partial charge < -0.3 is 5.73 Å². The molecule has 0 unspecified atom stereocenters. The Morgan fingerprint density at radius 1 is 1.26 bits per heavy atom. The largest absolute Gasteiger partial charge is 0.329 e. The summed E-state index contributed by atoms with van der Waals surface area (Å²) in [6, 6.07) is 2.65. The molecule has 1 rings (SSSR count). The van der Waals surface area contributed by atoms with E-state index in [1.807, 2.05) is 0 Å². The minimum absolute atomic E-state index is 0.00484. The van der Waals surface area contributed by atoms with E-state index < -0.39 is 30.6 Å². The first-order chi connectivity index (χ1) is 8.60. The fourth-order valence-electron chi connectivity index (χ4n) is 1.38. The van der Waals surface area contributed by atoms with Crippen molar-refractivity contribution in [1.29, 1.82) is 0 Å². The Hall–Kier alpha value is -1.03. The highest BCUT2D eigenvalue weighted by atomic mass is 32.2. The SMILES string of the molecule is CN(CCN)S(=O)(=O)c1cc(S(C)(=O)=O)ccc1F. The van der Waals surface area contributed by atoms with E-state index in [1.54, 1.807) is 0 Å². The third-order valence-corrected chi connectivity index (χ3v) is 5.45. The van der Waals surface area contributed by atoms with Crippen LogP contribution in [0, 0.1) is 5.82 Å². The van der Waals surface area contributed by atoms with Gasteiger partial charge >= 0.3 is 0 Å². The Kier molecular flexibility index (Phi) is 4.67. The van der Waals surface area contributed by atoms with Crippen molar-refractivity contribution in [1.82, 2.24) is 4.31 Å². The van der Waals surface area contributed by atoms with Gasteiger partial charge in [-0.05, 0) is 18.2 Å². The van der Waals surface area contributed by atoms with Gasteiger partial charge in [0.15, 0.2) is 9.84 Å². The summed E-state index contributed by atoms with van der Waals surface area (Å²) in [6.45, 7) is 0.0774. The van der Waals surface area contributed by atoms with E-state index in [4.69, 9.17) is 5.73 Å². The molecule has 0 saturated heterocycles. The van der Waals surface area contributed by atoms with Gasteiger partial charge in [0, 0.05) is 26.4 Å². The molecule has 6 nitrogen and oxygen atoms in total. The minimum atomic E-state index is -4.10. The molecule has 0 spiro atoms. The lowest BCUT2D eigenvalue weighted by Gasteiger charge is -2.17. The monoisotopic (exact) mass is 310 g/mol. The molecule has 19 heavy (non-hydrogen) atoms. The summed E-state index contributed by atoms with van der Waals surface area (Å²) in [7, 11) is -6.47. The second-order valence-corrected chi connectivity index (χ2v) is 8.01. The lowest BCUT2D eigenvalue weighted by molar-refractivity contribution is 0.468. The maximum Gasteiger partial charge on any atom is 0.245 e. The van der Waals surface area contributed by atoms with Gasteiger partial charge in [-0.1, -0.05) is 0 Å². The van der Waals surface area contributed by atoms with Crippen LogP contribution in [0.3, 0.4) is 0 Å². The third-order valence-electron chi connectivity index (χ3n) is 2.46. The molecule has 0 heterocycles. The minimum Gasteiger partial charge on any atom is -0.329 e. The van der Waals surface area contributed by atoms with Crippen LogP contribution in [-0.2, 0) is 19.9 Å². The fourth-order valence-corrected chi connectivity index (χ4v) is 3.38. The van der Waals surface area contributed by atoms with E-state index in [1.165, 1.54) is 7.05 Å². The Morgan fingerprint density at radius 3 is 2.32 bits per heavy atom. The van der Waals surface area contributed by atoms with Crippen LogP contribution in [0.25, 0.3) is 0 Å². The maximum atomic E-state index is 13.6. The average molecular weight is 310 g/mol. The van der Waals surface area contributed by atoms with E-state index in [0.717, 1.165) is 28.8 Å². The number of nitrogens with zero attached hydrogens (tertiary/aromatic N) is 1. The van der Waals surface area contributed by atoms with Crippen molar-refractivity contribution in [2.24, 2.45) is 5.73 Å². The van der Waals surface area contributed by atoms with Crippen molar-refractivity contribution >= 4 is 19.9 Å². The van der Waals surface area contributed by atoms with Crippen LogP contribution < -0.4 is 5.73 Å². The lowest BCUT2D eigenvalue weighted by Crippen LogP contribution is -2.32. The molecule has 0 atom stereocenters. The highest BCUT2D eigenvalue weighted by molar-refractivity contribution is 7.91. The molecule has 0 radical (unpaired) electrons. The molecule has 0 saturated carbocycles. The van der Waals surface area contributed by atoms with Gasteiger partial charge in [0.25, 0.3) is 0 Å². The van der Waals surface area contributed by atoms with E-state index in [2.05, 4.69) is 0 Å². The van der Waals surface area contributed by atoms with Gasteiger partial charge in [-0.15, -0.1) is 0 Å². The number of hydrogen-bond donors (Lipinski definition) is 1. The van der Waals surface area contributed by atoms with Gasteiger partial charge in [0.1, 0.15) is 10.7 Å². The molecule has 108 valence electrons. The topological polar surface area (TPSA) is 97.5 Å². The van der Waals surface area contributed by atoms with Gasteiger partial charge in [-0.25, -0.2) is 21.2 Å². The zero-order chi connectivity index (χ0) is 14.8. The molecule has 9 heteroatoms. The van der Waals surface area contributed by atoms with Crippen molar-refractivity contribution < 1.29 is 21.2 Å². The van der Waals surface area contributed by atoms with Crippen LogP contribution in [-0.4, -0.2) is 47.5 Å². The standard InChI is InChI=1S/C10H15FN2O4S2/c1-13(6-5-12)19(16,17)10-7-8(18(2,14)15)3-4-9(10)11/h3-4,7H,5-6,12H2,1-2H3. The van der Waals surface area contributed by atoms with Gasteiger partial charge in [0.05, 0.1) is 4.90 Å². The lowest BCUT2D eigenvalue weighted by atomic mass is 10.3. The molecule has 0 aromatic heterocycles. The van der Waals surface area contributed by atoms with Crippen molar-refractivity contribution in [3.63, 3.8) is 0 Å². The van der Waals surface area contributed by atoms with Crippen LogP contribution in [0.4, 0.5) is 4.39 Å². The first-order valence-corrected chi connectivity index (χ1v) is 8.60. The summed E-state index contributed by atoms with van der Waals surface area (Å²) < 4.78 is 61.3. The summed E-state index contributed by atoms with van der Waals surface area (Å²) in [4.78, 5) is -0.931. The molecule has 1 aromatic carbocycles. The molecule has 0 aliphatic carbocycles. The smallest absolute Gasteiger partial charge is 0.245 e. The zero-order valence-corrected chi connectivity index (χ0v) is 12.1. The number of hydrogen-bond acceptors (Lipinski definition) is 5. The highest BCUT2D eigenvalue weighted by Crippen LogP contribution is 2.22. The highest BCUT2D eigenvalue weighted by Gasteiger charge is 2.25. The molecule has 1 aromatic rings. The number of benzene rings is 1. The number of halogens is 1. The van der Waals surface area contributed by atoms with Crippen molar-refractivity contribution in [3.05, 3.63) is 24.0 Å². The number of sulfone groups is 1. The molecule has 2 N–H and O–H groups in total. The maximum absolute atomic E-state index is 13.6. The van der Waals surface area contributed by atoms with Gasteiger partial charge in [0.2, 0.25) is 10.0 Å². The second kappa shape index (κ2) is 5.53. The zero-order valence-electron chi connectivity index (χ0n) is 10.5. The van der Waals surface area contributed by atoms with Crippen LogP contribution in [0.5, 0.6) is 0 Å². The van der Waals surface area contributed by atoms with Crippen LogP contribution in [0.15, 0.2) is 28.0 Å². The van der Waals surface area contributed by atoms with Gasteiger partial charge in [-0.3, -0.25) is 0 Å². The van der Waals surface area contributed by atoms with E-state index in [9.17, 15) is 21.2 Å². The summed E-state index contributed by atoms with van der Waals surface area (Å²) in [5.41, 5.74) is 5.25. The summed E-state index contributed by atoms with van der Waals surface area (Å²) in [5, 5.41) is 0. The van der Waals surface area contributed by atoms with E-state index >= 15 is 0 Å². The number of nitrogens with two attached hydrogens (primary N) is 1. The molecular weight excluding hydrogens is 295 g/mol. The van der Waals surface area contributed by atoms with Crippen molar-refractivity contribution in [3.8, 4) is 0 Å². The first kappa shape index (κ1) is 16.0. The predicted molar refractivity (Wildman–Crippen MR) is 68.4 cm³/mol. The second-order valence-electron chi connectivity index (χ2n) is 3.98. The number of sulfonamides is 1. The molecule has 0 fully saturated rings. The Bertz CT molecular complexity index is 671. The molecular formula is C10H15FN2O4S2. The van der Waals surface area contributed by atoms with Crippen LogP contribution in [0.2, 0.25) is 0 Å². The quantitative estimate of drug-likeness (QED) is 0.760. The van der Waals surface area contributed by atoms with Crippen molar-refractivity contribution in [2.75, 3.05) is 26.4 Å². The van der Waals surface area contributed by atoms with E-state index in [0.29, 0.717) is 0 Å². The first-order valence-electron chi connectivity index (χ1n) is 5.26. The summed E-state index contributed by atoms with van der Waals surface area (Å²) >= 11 is 0. The molecule has 0 aliphatic heterocycles. The van der Waals surface area contributed by atoms with Crippen LogP contribution >= 0.6 is 0 Å².